The molecule has 0 spiro atoms. The summed E-state index contributed by atoms with van der Waals surface area (Å²) in [5.41, 5.74) is 2.13. The summed E-state index contributed by atoms with van der Waals surface area (Å²) in [6.45, 7) is 1.51. The molecule has 0 radical (unpaired) electrons. The summed E-state index contributed by atoms with van der Waals surface area (Å²) in [5.74, 6) is 2.24. The molecule has 2 aromatic rings. The van der Waals surface area contributed by atoms with Gasteiger partial charge in [-0.05, 0) is 36.8 Å². The first kappa shape index (κ1) is 16.7. The van der Waals surface area contributed by atoms with Gasteiger partial charge in [-0.3, -0.25) is 4.79 Å². The molecule has 0 aliphatic heterocycles. The molecule has 0 saturated carbocycles. The van der Waals surface area contributed by atoms with Gasteiger partial charge in [0.15, 0.2) is 28.8 Å². The van der Waals surface area contributed by atoms with E-state index in [-0.39, 0.29) is 5.78 Å². The van der Waals surface area contributed by atoms with Gasteiger partial charge in [0.2, 0.25) is 0 Å². The van der Waals surface area contributed by atoms with Crippen LogP contribution in [0.1, 0.15) is 17.3 Å². The zero-order valence-corrected chi connectivity index (χ0v) is 13.9. The summed E-state index contributed by atoms with van der Waals surface area (Å²) in [7, 11) is 6.26. The average Bonchev–Trinajstić information content (AvgIpc) is 2.59. The third-order valence-electron chi connectivity index (χ3n) is 3.58. The van der Waals surface area contributed by atoms with Gasteiger partial charge >= 0.3 is 0 Å². The molecule has 0 aliphatic rings. The third kappa shape index (κ3) is 3.23. The lowest BCUT2D eigenvalue weighted by atomic mass is 9.99. The van der Waals surface area contributed by atoms with E-state index in [0.717, 1.165) is 11.1 Å². The van der Waals surface area contributed by atoms with Gasteiger partial charge in [-0.15, -0.1) is 0 Å². The predicted octanol–water partition coefficient (Wildman–Crippen LogP) is 3.59. The Labute approximate surface area is 135 Å². The number of hydrogen-bond donors (Lipinski definition) is 0. The number of ketones is 1. The Kier molecular flexibility index (Phi) is 5.11. The monoisotopic (exact) mass is 316 g/mol. The average molecular weight is 316 g/mol. The maximum Gasteiger partial charge on any atom is 0.168 e. The van der Waals surface area contributed by atoms with Crippen LogP contribution in [0.3, 0.4) is 0 Å². The number of Topliss-reactive ketones (excluding diaryl/α,β-unsaturated/α-hetero) is 1. The van der Waals surface area contributed by atoms with E-state index in [0.29, 0.717) is 28.6 Å². The van der Waals surface area contributed by atoms with Gasteiger partial charge in [-0.1, -0.05) is 6.07 Å². The smallest absolute Gasteiger partial charge is 0.168 e. The van der Waals surface area contributed by atoms with Crippen molar-refractivity contribution in [2.45, 2.75) is 6.92 Å². The molecule has 0 aliphatic carbocycles. The minimum atomic E-state index is -0.0484. The molecule has 0 saturated heterocycles. The second-order valence-electron chi connectivity index (χ2n) is 4.89. The number of rotatable bonds is 6. The molecule has 0 bridgehead atoms. The van der Waals surface area contributed by atoms with Crippen LogP contribution in [0.15, 0.2) is 30.3 Å². The van der Waals surface area contributed by atoms with E-state index in [1.54, 1.807) is 46.6 Å². The fraction of sp³-hybridized carbons (Fsp3) is 0.278. The van der Waals surface area contributed by atoms with E-state index in [2.05, 4.69) is 0 Å². The molecular weight excluding hydrogens is 296 g/mol. The van der Waals surface area contributed by atoms with E-state index in [1.165, 1.54) is 6.92 Å². The molecule has 5 heteroatoms. The molecule has 0 heterocycles. The van der Waals surface area contributed by atoms with Crippen molar-refractivity contribution < 1.29 is 23.7 Å². The van der Waals surface area contributed by atoms with Crippen molar-refractivity contribution in [2.24, 2.45) is 0 Å². The summed E-state index contributed by atoms with van der Waals surface area (Å²) >= 11 is 0. The van der Waals surface area contributed by atoms with Crippen LogP contribution in [0.4, 0.5) is 0 Å². The maximum atomic E-state index is 11.8. The summed E-state index contributed by atoms with van der Waals surface area (Å²) in [4.78, 5) is 11.8. The topological polar surface area (TPSA) is 54.0 Å². The van der Waals surface area contributed by atoms with Crippen LogP contribution in [0, 0.1) is 0 Å². The molecule has 0 aromatic heterocycles. The minimum absolute atomic E-state index is 0.0484. The lowest BCUT2D eigenvalue weighted by Crippen LogP contribution is -1.99. The van der Waals surface area contributed by atoms with Crippen molar-refractivity contribution in [3.63, 3.8) is 0 Å². The largest absolute Gasteiger partial charge is 0.493 e. The van der Waals surface area contributed by atoms with Crippen molar-refractivity contribution in [3.05, 3.63) is 35.9 Å². The molecule has 2 aromatic carbocycles. The van der Waals surface area contributed by atoms with E-state index in [4.69, 9.17) is 18.9 Å². The highest BCUT2D eigenvalue weighted by atomic mass is 16.5. The Bertz CT molecular complexity index is 722. The number of benzene rings is 2. The molecule has 0 amide bonds. The SMILES string of the molecule is COc1ccc(-c2cc(C(C)=O)cc(OC)c2OC)cc1OC. The fourth-order valence-electron chi connectivity index (χ4n) is 2.39. The lowest BCUT2D eigenvalue weighted by molar-refractivity contribution is 0.101. The van der Waals surface area contributed by atoms with Crippen molar-refractivity contribution in [1.29, 1.82) is 0 Å². The molecule has 0 atom stereocenters. The third-order valence-corrected chi connectivity index (χ3v) is 3.58. The Hall–Kier alpha value is -2.69. The molecule has 23 heavy (non-hydrogen) atoms. The first-order valence-electron chi connectivity index (χ1n) is 7.05. The first-order valence-corrected chi connectivity index (χ1v) is 7.05. The lowest BCUT2D eigenvalue weighted by Gasteiger charge is -2.16. The first-order chi connectivity index (χ1) is 11.0. The zero-order chi connectivity index (χ0) is 17.0. The second kappa shape index (κ2) is 7.05. The highest BCUT2D eigenvalue weighted by Crippen LogP contribution is 2.41. The van der Waals surface area contributed by atoms with Gasteiger partial charge in [0.1, 0.15) is 0 Å². The van der Waals surface area contributed by atoms with Crippen molar-refractivity contribution in [3.8, 4) is 34.1 Å². The Balaban J connectivity index is 2.70. The quantitative estimate of drug-likeness (QED) is 0.762. The van der Waals surface area contributed by atoms with E-state index >= 15 is 0 Å². The standard InChI is InChI=1S/C18H20O5/c1-11(19)13-8-14(18(23-5)17(10-13)22-4)12-6-7-15(20-2)16(9-12)21-3/h6-10H,1-5H3. The summed E-state index contributed by atoms with van der Waals surface area (Å²) in [6.07, 6.45) is 0. The van der Waals surface area contributed by atoms with Gasteiger partial charge in [-0.25, -0.2) is 0 Å². The van der Waals surface area contributed by atoms with Crippen LogP contribution >= 0.6 is 0 Å². The van der Waals surface area contributed by atoms with Crippen LogP contribution in [0.2, 0.25) is 0 Å². The van der Waals surface area contributed by atoms with Crippen LogP contribution in [-0.2, 0) is 0 Å². The van der Waals surface area contributed by atoms with Crippen LogP contribution in [0.5, 0.6) is 23.0 Å². The number of hydrogen-bond acceptors (Lipinski definition) is 5. The summed E-state index contributed by atoms with van der Waals surface area (Å²) in [5, 5.41) is 0. The fourth-order valence-corrected chi connectivity index (χ4v) is 2.39. The molecule has 0 unspecified atom stereocenters. The number of ether oxygens (including phenoxy) is 4. The molecule has 2 rings (SSSR count). The highest BCUT2D eigenvalue weighted by Gasteiger charge is 2.17. The maximum absolute atomic E-state index is 11.8. The molecule has 0 fully saturated rings. The number of methoxy groups -OCH3 is 4. The second-order valence-corrected chi connectivity index (χ2v) is 4.89. The van der Waals surface area contributed by atoms with E-state index in [9.17, 15) is 4.79 Å². The van der Waals surface area contributed by atoms with Gasteiger partial charge < -0.3 is 18.9 Å². The Morgan fingerprint density at radius 2 is 1.43 bits per heavy atom. The van der Waals surface area contributed by atoms with Crippen molar-refractivity contribution in [1.82, 2.24) is 0 Å². The van der Waals surface area contributed by atoms with E-state index < -0.39 is 0 Å². The normalized spacial score (nSPS) is 10.1. The van der Waals surface area contributed by atoms with Gasteiger partial charge in [0.05, 0.1) is 28.4 Å². The van der Waals surface area contributed by atoms with Crippen molar-refractivity contribution in [2.75, 3.05) is 28.4 Å². The van der Waals surface area contributed by atoms with Crippen LogP contribution in [0.25, 0.3) is 11.1 Å². The Morgan fingerprint density at radius 1 is 0.783 bits per heavy atom. The molecule has 5 nitrogen and oxygen atoms in total. The molecule has 122 valence electrons. The molecule has 0 N–H and O–H groups in total. The van der Waals surface area contributed by atoms with Gasteiger partial charge in [0.25, 0.3) is 0 Å². The number of carbonyl (C=O) groups excluding carboxylic acids is 1. The highest BCUT2D eigenvalue weighted by molar-refractivity contribution is 5.97. The summed E-state index contributed by atoms with van der Waals surface area (Å²) < 4.78 is 21.4. The molecular formula is C18H20O5. The van der Waals surface area contributed by atoms with Gasteiger partial charge in [-0.2, -0.15) is 0 Å². The Morgan fingerprint density at radius 3 is 1.96 bits per heavy atom. The summed E-state index contributed by atoms with van der Waals surface area (Å²) in [6, 6.07) is 8.97. The predicted molar refractivity (Wildman–Crippen MR) is 88.1 cm³/mol. The van der Waals surface area contributed by atoms with Gasteiger partial charge in [0, 0.05) is 11.1 Å². The van der Waals surface area contributed by atoms with Crippen molar-refractivity contribution >= 4 is 5.78 Å². The van der Waals surface area contributed by atoms with Crippen LogP contribution in [-0.4, -0.2) is 34.2 Å². The van der Waals surface area contributed by atoms with Crippen LogP contribution < -0.4 is 18.9 Å². The van der Waals surface area contributed by atoms with E-state index in [1.807, 2.05) is 12.1 Å². The minimum Gasteiger partial charge on any atom is -0.493 e. The number of carbonyl (C=O) groups is 1. The zero-order valence-electron chi connectivity index (χ0n) is 13.9.